The summed E-state index contributed by atoms with van der Waals surface area (Å²) in [5.74, 6) is 6.13. The maximum absolute atomic E-state index is 11.6. The number of hydrazine groups is 1. The van der Waals surface area contributed by atoms with Gasteiger partial charge in [0.1, 0.15) is 5.84 Å². The molecule has 1 saturated carbocycles. The van der Waals surface area contributed by atoms with Gasteiger partial charge in [-0.15, -0.1) is 0 Å². The van der Waals surface area contributed by atoms with E-state index in [9.17, 15) is 4.79 Å². The zero-order valence-electron chi connectivity index (χ0n) is 10.7. The molecule has 1 aromatic heterocycles. The lowest BCUT2D eigenvalue weighted by Gasteiger charge is -2.19. The van der Waals surface area contributed by atoms with Gasteiger partial charge in [0.05, 0.1) is 6.04 Å². The Kier molecular flexibility index (Phi) is 4.15. The molecule has 2 rings (SSSR count). The molecule has 18 heavy (non-hydrogen) atoms. The zero-order chi connectivity index (χ0) is 13.0. The highest BCUT2D eigenvalue weighted by molar-refractivity contribution is 5.98. The van der Waals surface area contributed by atoms with Gasteiger partial charge in [0.15, 0.2) is 0 Å². The van der Waals surface area contributed by atoms with E-state index in [0.717, 1.165) is 18.4 Å². The number of rotatable bonds is 2. The van der Waals surface area contributed by atoms with Crippen molar-refractivity contribution in [2.75, 3.05) is 0 Å². The van der Waals surface area contributed by atoms with Gasteiger partial charge in [0, 0.05) is 24.9 Å². The highest BCUT2D eigenvalue weighted by Crippen LogP contribution is 2.20. The molecular formula is C13H20N4O. The van der Waals surface area contributed by atoms with E-state index < -0.39 is 0 Å². The fourth-order valence-electron chi connectivity index (χ4n) is 2.28. The number of aliphatic imine (C=N–C) groups is 1. The van der Waals surface area contributed by atoms with Gasteiger partial charge in [0.2, 0.25) is 0 Å². The van der Waals surface area contributed by atoms with Crippen LogP contribution in [0.3, 0.4) is 0 Å². The third kappa shape index (κ3) is 2.98. The third-order valence-electron chi connectivity index (χ3n) is 3.40. The average Bonchev–Trinajstić information content (AvgIpc) is 2.40. The summed E-state index contributed by atoms with van der Waals surface area (Å²) in [5, 5.41) is 0. The molecule has 1 heterocycles. The second-order valence-corrected chi connectivity index (χ2v) is 4.78. The summed E-state index contributed by atoms with van der Waals surface area (Å²) in [6.07, 6.45) is 7.69. The van der Waals surface area contributed by atoms with Gasteiger partial charge in [-0.2, -0.15) is 0 Å². The monoisotopic (exact) mass is 248 g/mol. The van der Waals surface area contributed by atoms with Crippen molar-refractivity contribution in [3.05, 3.63) is 34.2 Å². The molecule has 0 spiro atoms. The van der Waals surface area contributed by atoms with Crippen molar-refractivity contribution in [3.8, 4) is 0 Å². The van der Waals surface area contributed by atoms with E-state index in [0.29, 0.717) is 11.9 Å². The Hall–Kier alpha value is -1.62. The second kappa shape index (κ2) is 5.82. The maximum atomic E-state index is 11.6. The van der Waals surface area contributed by atoms with Crippen LogP contribution < -0.4 is 16.8 Å². The average molecular weight is 248 g/mol. The van der Waals surface area contributed by atoms with Crippen LogP contribution >= 0.6 is 0 Å². The summed E-state index contributed by atoms with van der Waals surface area (Å²) in [6, 6.07) is 3.73. The SMILES string of the molecule is Cn1ccc(C(=NC2CCCCC2)NN)cc1=O. The quantitative estimate of drug-likeness (QED) is 0.354. The summed E-state index contributed by atoms with van der Waals surface area (Å²) < 4.78 is 1.53. The van der Waals surface area contributed by atoms with Gasteiger partial charge in [-0.1, -0.05) is 19.3 Å². The highest BCUT2D eigenvalue weighted by Gasteiger charge is 2.13. The van der Waals surface area contributed by atoms with Gasteiger partial charge in [0.25, 0.3) is 5.56 Å². The van der Waals surface area contributed by atoms with Crippen LogP contribution in [0.2, 0.25) is 0 Å². The Labute approximate surface area is 107 Å². The Morgan fingerprint density at radius 1 is 1.44 bits per heavy atom. The molecule has 5 heteroatoms. The number of pyridine rings is 1. The first-order valence-electron chi connectivity index (χ1n) is 6.42. The molecule has 1 aromatic rings. The minimum absolute atomic E-state index is 0.0564. The van der Waals surface area contributed by atoms with E-state index >= 15 is 0 Å². The van der Waals surface area contributed by atoms with Crippen LogP contribution in [0.4, 0.5) is 0 Å². The molecule has 1 aliphatic carbocycles. The molecule has 5 nitrogen and oxygen atoms in total. The molecule has 0 aliphatic heterocycles. The normalized spacial score (nSPS) is 17.8. The lowest BCUT2D eigenvalue weighted by atomic mass is 9.96. The summed E-state index contributed by atoms with van der Waals surface area (Å²) in [4.78, 5) is 16.2. The third-order valence-corrected chi connectivity index (χ3v) is 3.40. The number of hydrogen-bond acceptors (Lipinski definition) is 3. The molecule has 0 aromatic carbocycles. The fourth-order valence-corrected chi connectivity index (χ4v) is 2.28. The topological polar surface area (TPSA) is 72.4 Å². The van der Waals surface area contributed by atoms with Gasteiger partial charge < -0.3 is 9.99 Å². The molecule has 98 valence electrons. The van der Waals surface area contributed by atoms with Crippen molar-refractivity contribution in [2.24, 2.45) is 17.9 Å². The Bertz CT molecular complexity index is 486. The van der Waals surface area contributed by atoms with Crippen LogP contribution in [0.15, 0.2) is 28.1 Å². The zero-order valence-corrected chi connectivity index (χ0v) is 10.7. The first-order valence-corrected chi connectivity index (χ1v) is 6.42. The number of aryl methyl sites for hydroxylation is 1. The van der Waals surface area contributed by atoms with Crippen molar-refractivity contribution >= 4 is 5.84 Å². The largest absolute Gasteiger partial charge is 0.319 e. The summed E-state index contributed by atoms with van der Waals surface area (Å²) in [6.45, 7) is 0. The number of nitrogens with two attached hydrogens (primary N) is 1. The minimum Gasteiger partial charge on any atom is -0.319 e. The van der Waals surface area contributed by atoms with Crippen LogP contribution in [-0.2, 0) is 7.05 Å². The molecule has 0 bridgehead atoms. The van der Waals surface area contributed by atoms with Crippen LogP contribution in [0.25, 0.3) is 0 Å². The number of amidine groups is 1. The second-order valence-electron chi connectivity index (χ2n) is 4.78. The van der Waals surface area contributed by atoms with Gasteiger partial charge in [-0.05, 0) is 18.9 Å². The summed E-state index contributed by atoms with van der Waals surface area (Å²) >= 11 is 0. The minimum atomic E-state index is -0.0564. The van der Waals surface area contributed by atoms with Gasteiger partial charge in [-0.25, -0.2) is 5.84 Å². The number of hydrogen-bond donors (Lipinski definition) is 2. The maximum Gasteiger partial charge on any atom is 0.250 e. The van der Waals surface area contributed by atoms with Crippen LogP contribution in [0.1, 0.15) is 37.7 Å². The molecule has 0 radical (unpaired) electrons. The standard InChI is InChI=1S/C13H20N4O/c1-17-8-7-10(9-12(17)18)13(16-14)15-11-5-3-2-4-6-11/h7-9,11H,2-6,14H2,1H3,(H,15,16). The number of nitrogens with one attached hydrogen (secondary N) is 1. The van der Waals surface area contributed by atoms with Gasteiger partial charge in [-0.3, -0.25) is 9.79 Å². The van der Waals surface area contributed by atoms with Crippen molar-refractivity contribution < 1.29 is 0 Å². The Morgan fingerprint density at radius 3 is 2.78 bits per heavy atom. The molecule has 0 unspecified atom stereocenters. The molecule has 0 amide bonds. The van der Waals surface area contributed by atoms with E-state index in [1.54, 1.807) is 19.3 Å². The van der Waals surface area contributed by atoms with Gasteiger partial charge >= 0.3 is 0 Å². The van der Waals surface area contributed by atoms with Crippen molar-refractivity contribution in [1.82, 2.24) is 9.99 Å². The molecule has 3 N–H and O–H groups in total. The molecule has 1 fully saturated rings. The van der Waals surface area contributed by atoms with E-state index in [4.69, 9.17) is 5.84 Å². The predicted molar refractivity (Wildman–Crippen MR) is 72.4 cm³/mol. The smallest absolute Gasteiger partial charge is 0.250 e. The van der Waals surface area contributed by atoms with Crippen molar-refractivity contribution in [1.29, 1.82) is 0 Å². The summed E-state index contributed by atoms with van der Waals surface area (Å²) in [5.41, 5.74) is 3.31. The predicted octanol–water partition coefficient (Wildman–Crippen LogP) is 0.928. The first kappa shape index (κ1) is 12.8. The lowest BCUT2D eigenvalue weighted by molar-refractivity contribution is 0.442. The highest BCUT2D eigenvalue weighted by atomic mass is 16.1. The molecule has 0 saturated heterocycles. The Balaban J connectivity index is 2.23. The van der Waals surface area contributed by atoms with Crippen LogP contribution in [-0.4, -0.2) is 16.4 Å². The van der Waals surface area contributed by atoms with Crippen LogP contribution in [0, 0.1) is 0 Å². The molecule has 1 aliphatic rings. The number of nitrogens with zero attached hydrogens (tertiary/aromatic N) is 2. The Morgan fingerprint density at radius 2 is 2.17 bits per heavy atom. The van der Waals surface area contributed by atoms with E-state index in [2.05, 4.69) is 10.4 Å². The van der Waals surface area contributed by atoms with Crippen molar-refractivity contribution in [3.63, 3.8) is 0 Å². The fraction of sp³-hybridized carbons (Fsp3) is 0.538. The van der Waals surface area contributed by atoms with Crippen molar-refractivity contribution in [2.45, 2.75) is 38.1 Å². The van der Waals surface area contributed by atoms with E-state index in [-0.39, 0.29) is 5.56 Å². The molecule has 0 atom stereocenters. The van der Waals surface area contributed by atoms with E-state index in [1.165, 1.54) is 23.8 Å². The first-order chi connectivity index (χ1) is 8.70. The lowest BCUT2D eigenvalue weighted by Crippen LogP contribution is -2.34. The van der Waals surface area contributed by atoms with E-state index in [1.807, 2.05) is 6.07 Å². The molecular weight excluding hydrogens is 228 g/mol. The summed E-state index contributed by atoms with van der Waals surface area (Å²) in [7, 11) is 1.72. The van der Waals surface area contributed by atoms with Crippen LogP contribution in [0.5, 0.6) is 0 Å². The number of aromatic nitrogens is 1.